The molecule has 0 unspecified atom stereocenters. The lowest BCUT2D eigenvalue weighted by atomic mass is 10.1. The predicted octanol–water partition coefficient (Wildman–Crippen LogP) is 2.17. The van der Waals surface area contributed by atoms with Crippen molar-refractivity contribution in [1.29, 1.82) is 0 Å². The van der Waals surface area contributed by atoms with Crippen LogP contribution in [0.1, 0.15) is 17.0 Å². The van der Waals surface area contributed by atoms with Crippen molar-refractivity contribution >= 4 is 12.8 Å². The molecule has 98 valence electrons. The minimum absolute atomic E-state index is 0.00135. The van der Waals surface area contributed by atoms with Crippen LogP contribution < -0.4 is 14.9 Å². The molecule has 0 saturated carbocycles. The fourth-order valence-corrected chi connectivity index (χ4v) is 2.33. The molecule has 1 aromatic heterocycles. The van der Waals surface area contributed by atoms with E-state index in [1.165, 1.54) is 0 Å². The van der Waals surface area contributed by atoms with Crippen LogP contribution in [-0.4, -0.2) is 10.8 Å². The molecule has 1 aromatic carbocycles. The number of rotatable bonds is 2. The molecule has 5 heteroatoms. The molecule has 0 aliphatic carbocycles. The number of aryl methyl sites for hydroxylation is 1. The van der Waals surface area contributed by atoms with Gasteiger partial charge in [-0.05, 0) is 24.6 Å². The Morgan fingerprint density at radius 1 is 1.21 bits per heavy atom. The summed E-state index contributed by atoms with van der Waals surface area (Å²) in [6.45, 7) is 2.12. The molecule has 3 rings (SSSR count). The zero-order valence-corrected chi connectivity index (χ0v) is 11.3. The molecule has 0 amide bonds. The van der Waals surface area contributed by atoms with Gasteiger partial charge in [-0.25, -0.2) is 0 Å². The molecular weight excluding hydrogens is 262 g/mol. The normalized spacial score (nSPS) is 12.7. The second-order valence-electron chi connectivity index (χ2n) is 4.50. The van der Waals surface area contributed by atoms with Crippen LogP contribution in [0.4, 0.5) is 0 Å². The maximum atomic E-state index is 11.5. The molecular formula is C14H13NO3S. The highest BCUT2D eigenvalue weighted by Crippen LogP contribution is 2.33. The van der Waals surface area contributed by atoms with E-state index < -0.39 is 0 Å². The average Bonchev–Trinajstić information content (AvgIpc) is 2.82. The number of hydrogen-bond donors (Lipinski definition) is 1. The van der Waals surface area contributed by atoms with Crippen molar-refractivity contribution in [3.63, 3.8) is 0 Å². The Kier molecular flexibility index (Phi) is 2.98. The van der Waals surface area contributed by atoms with Crippen LogP contribution in [0.25, 0.3) is 0 Å². The van der Waals surface area contributed by atoms with E-state index in [-0.39, 0.29) is 12.2 Å². The van der Waals surface area contributed by atoms with Crippen molar-refractivity contribution in [1.82, 2.24) is 3.97 Å². The van der Waals surface area contributed by atoms with Gasteiger partial charge in [-0.2, -0.15) is 0 Å². The Hall–Kier alpha value is -1.88. The van der Waals surface area contributed by atoms with Gasteiger partial charge in [0.15, 0.2) is 16.9 Å². The van der Waals surface area contributed by atoms with Crippen LogP contribution in [0, 0.1) is 6.92 Å². The topological polar surface area (TPSA) is 40.5 Å². The quantitative estimate of drug-likeness (QED) is 0.854. The van der Waals surface area contributed by atoms with Crippen LogP contribution in [-0.2, 0) is 6.42 Å². The lowest BCUT2D eigenvalue weighted by Crippen LogP contribution is -2.09. The molecule has 2 heterocycles. The van der Waals surface area contributed by atoms with E-state index in [0.717, 1.165) is 28.5 Å². The van der Waals surface area contributed by atoms with Crippen LogP contribution in [0.3, 0.4) is 0 Å². The molecule has 0 saturated heterocycles. The Bertz CT molecular complexity index is 694. The molecule has 0 N–H and O–H groups in total. The zero-order chi connectivity index (χ0) is 13.4. The van der Waals surface area contributed by atoms with E-state index in [2.05, 4.69) is 12.8 Å². The van der Waals surface area contributed by atoms with E-state index in [1.807, 2.05) is 25.1 Å². The first-order valence-electron chi connectivity index (χ1n) is 5.94. The minimum Gasteiger partial charge on any atom is -0.454 e. The van der Waals surface area contributed by atoms with Gasteiger partial charge in [0.2, 0.25) is 6.79 Å². The number of hydrogen-bond acceptors (Lipinski definition) is 4. The smallest absolute Gasteiger partial charge is 0.231 e. The van der Waals surface area contributed by atoms with Crippen LogP contribution >= 0.6 is 12.8 Å². The van der Waals surface area contributed by atoms with E-state index in [9.17, 15) is 4.79 Å². The van der Waals surface area contributed by atoms with Gasteiger partial charge in [-0.3, -0.25) is 8.77 Å². The van der Waals surface area contributed by atoms with Crippen molar-refractivity contribution in [2.75, 3.05) is 6.79 Å². The van der Waals surface area contributed by atoms with Crippen molar-refractivity contribution in [3.8, 4) is 11.5 Å². The maximum absolute atomic E-state index is 11.5. The Labute approximate surface area is 116 Å². The van der Waals surface area contributed by atoms with Gasteiger partial charge in [-0.1, -0.05) is 18.9 Å². The van der Waals surface area contributed by atoms with E-state index >= 15 is 0 Å². The van der Waals surface area contributed by atoms with Crippen LogP contribution in [0.2, 0.25) is 0 Å². The summed E-state index contributed by atoms with van der Waals surface area (Å²) in [5, 5.41) is 0. The summed E-state index contributed by atoms with van der Waals surface area (Å²) >= 11 is 4.39. The molecule has 0 radical (unpaired) electrons. The lowest BCUT2D eigenvalue weighted by Gasteiger charge is -2.10. The highest BCUT2D eigenvalue weighted by atomic mass is 32.1. The summed E-state index contributed by atoms with van der Waals surface area (Å²) in [6.07, 6.45) is 0.622. The summed E-state index contributed by atoms with van der Waals surface area (Å²) < 4.78 is 12.3. The first kappa shape index (κ1) is 12.2. The fraction of sp³-hybridized carbons (Fsp3) is 0.214. The number of aromatic nitrogens is 1. The number of nitrogens with zero attached hydrogens (tertiary/aromatic N) is 1. The van der Waals surface area contributed by atoms with Gasteiger partial charge < -0.3 is 9.47 Å². The van der Waals surface area contributed by atoms with E-state index in [0.29, 0.717) is 6.42 Å². The van der Waals surface area contributed by atoms with Crippen LogP contribution in [0.5, 0.6) is 11.5 Å². The molecule has 0 fully saturated rings. The first-order valence-corrected chi connectivity index (χ1v) is 6.34. The average molecular weight is 275 g/mol. The summed E-state index contributed by atoms with van der Waals surface area (Å²) in [5.41, 5.74) is 2.73. The minimum atomic E-state index is -0.00135. The fourth-order valence-electron chi connectivity index (χ4n) is 2.15. The highest BCUT2D eigenvalue weighted by Gasteiger charge is 2.14. The number of fused-ring (bicyclic) bond motifs is 1. The lowest BCUT2D eigenvalue weighted by molar-refractivity contribution is 0.174. The molecule has 0 bridgehead atoms. The Morgan fingerprint density at radius 3 is 2.84 bits per heavy atom. The van der Waals surface area contributed by atoms with Crippen molar-refractivity contribution < 1.29 is 9.47 Å². The number of pyridine rings is 1. The van der Waals surface area contributed by atoms with E-state index in [1.54, 1.807) is 16.1 Å². The zero-order valence-electron chi connectivity index (χ0n) is 10.4. The molecule has 4 nitrogen and oxygen atoms in total. The molecule has 0 spiro atoms. The molecule has 2 aromatic rings. The molecule has 19 heavy (non-hydrogen) atoms. The predicted molar refractivity (Wildman–Crippen MR) is 75.2 cm³/mol. The molecule has 1 aliphatic rings. The van der Waals surface area contributed by atoms with Crippen LogP contribution in [0.15, 0.2) is 35.1 Å². The SMILES string of the molecule is Cc1cc(=O)cc(Cc2ccc3c(c2)OCO3)n1S. The van der Waals surface area contributed by atoms with Gasteiger partial charge in [0.25, 0.3) is 0 Å². The van der Waals surface area contributed by atoms with Gasteiger partial charge in [-0.15, -0.1) is 0 Å². The highest BCUT2D eigenvalue weighted by molar-refractivity contribution is 7.78. The molecule has 1 aliphatic heterocycles. The largest absolute Gasteiger partial charge is 0.454 e. The third kappa shape index (κ3) is 2.33. The second kappa shape index (κ2) is 4.66. The first-order chi connectivity index (χ1) is 9.13. The van der Waals surface area contributed by atoms with E-state index in [4.69, 9.17) is 9.47 Å². The summed E-state index contributed by atoms with van der Waals surface area (Å²) in [4.78, 5) is 11.5. The van der Waals surface area contributed by atoms with Crippen molar-refractivity contribution in [2.24, 2.45) is 0 Å². The monoisotopic (exact) mass is 275 g/mol. The molecule has 0 atom stereocenters. The Morgan fingerprint density at radius 2 is 2.00 bits per heavy atom. The third-order valence-electron chi connectivity index (χ3n) is 3.09. The van der Waals surface area contributed by atoms with Gasteiger partial charge in [0.1, 0.15) is 0 Å². The van der Waals surface area contributed by atoms with Gasteiger partial charge in [0, 0.05) is 29.9 Å². The summed E-state index contributed by atoms with van der Waals surface area (Å²) in [7, 11) is 0. The van der Waals surface area contributed by atoms with Gasteiger partial charge >= 0.3 is 0 Å². The summed E-state index contributed by atoms with van der Waals surface area (Å²) in [5.74, 6) is 1.51. The Balaban J connectivity index is 1.95. The summed E-state index contributed by atoms with van der Waals surface area (Å²) in [6, 6.07) is 8.95. The van der Waals surface area contributed by atoms with Gasteiger partial charge in [0.05, 0.1) is 0 Å². The second-order valence-corrected chi connectivity index (χ2v) is 4.90. The number of benzene rings is 1. The maximum Gasteiger partial charge on any atom is 0.231 e. The van der Waals surface area contributed by atoms with Crippen molar-refractivity contribution in [3.05, 3.63) is 57.5 Å². The third-order valence-corrected chi connectivity index (χ3v) is 3.66. The standard InChI is InChI=1S/C14H13NO3S/c1-9-4-12(16)7-11(15(9)19)5-10-2-3-13-14(6-10)18-8-17-13/h2-4,6-7,19H,5,8H2,1H3. The van der Waals surface area contributed by atoms with Crippen molar-refractivity contribution in [2.45, 2.75) is 13.3 Å². The number of thiol groups is 1. The number of ether oxygens (including phenoxy) is 2.